The number of carbonyl (C=O) groups excluding carboxylic acids is 2. The van der Waals surface area contributed by atoms with Gasteiger partial charge < -0.3 is 5.32 Å². The SMILES string of the molecule is Cc1ccc(NC(=O)NC(=O)CSc2nncn2-c2ccccc2C)c(C)c1. The molecule has 7 nitrogen and oxygen atoms in total. The van der Waals surface area contributed by atoms with Crippen LogP contribution < -0.4 is 10.6 Å². The van der Waals surface area contributed by atoms with Crippen molar-refractivity contribution in [2.24, 2.45) is 0 Å². The van der Waals surface area contributed by atoms with Crippen LogP contribution in [-0.2, 0) is 4.79 Å². The second kappa shape index (κ2) is 8.71. The van der Waals surface area contributed by atoms with Gasteiger partial charge in [-0.05, 0) is 44.0 Å². The van der Waals surface area contributed by atoms with E-state index in [-0.39, 0.29) is 5.75 Å². The molecule has 0 radical (unpaired) electrons. The lowest BCUT2D eigenvalue weighted by molar-refractivity contribution is -0.117. The fourth-order valence-corrected chi connectivity index (χ4v) is 3.44. The van der Waals surface area contributed by atoms with Gasteiger partial charge in [0.25, 0.3) is 0 Å². The zero-order valence-electron chi connectivity index (χ0n) is 15.9. The van der Waals surface area contributed by atoms with Crippen molar-refractivity contribution in [2.75, 3.05) is 11.1 Å². The molecule has 3 rings (SSSR count). The van der Waals surface area contributed by atoms with Gasteiger partial charge in [-0.1, -0.05) is 47.7 Å². The highest BCUT2D eigenvalue weighted by atomic mass is 32.2. The molecule has 2 aromatic carbocycles. The summed E-state index contributed by atoms with van der Waals surface area (Å²) in [6, 6.07) is 13.0. The zero-order valence-corrected chi connectivity index (χ0v) is 16.7. The predicted molar refractivity (Wildman–Crippen MR) is 110 cm³/mol. The number of carbonyl (C=O) groups is 2. The lowest BCUT2D eigenvalue weighted by Gasteiger charge is -2.10. The second-order valence-corrected chi connectivity index (χ2v) is 7.32. The molecule has 3 amide bonds. The van der Waals surface area contributed by atoms with Crippen LogP contribution in [0.3, 0.4) is 0 Å². The average molecular weight is 395 g/mol. The number of nitrogens with one attached hydrogen (secondary N) is 2. The number of amides is 3. The van der Waals surface area contributed by atoms with Crippen LogP contribution in [0.1, 0.15) is 16.7 Å². The summed E-state index contributed by atoms with van der Waals surface area (Å²) in [7, 11) is 0. The molecule has 1 aromatic heterocycles. The highest BCUT2D eigenvalue weighted by molar-refractivity contribution is 7.99. The zero-order chi connectivity index (χ0) is 20.1. The van der Waals surface area contributed by atoms with Crippen LogP contribution in [0.25, 0.3) is 5.69 Å². The standard InChI is InChI=1S/C20H21N5O2S/c1-13-8-9-16(15(3)10-13)22-19(27)23-18(26)11-28-20-24-21-12-25(20)17-7-5-4-6-14(17)2/h4-10,12H,11H2,1-3H3,(H2,22,23,26,27). The van der Waals surface area contributed by atoms with Gasteiger partial charge in [-0.15, -0.1) is 10.2 Å². The molecule has 0 aliphatic rings. The van der Waals surface area contributed by atoms with E-state index in [1.807, 2.05) is 67.8 Å². The molecule has 0 saturated heterocycles. The van der Waals surface area contributed by atoms with Crippen molar-refractivity contribution in [3.05, 3.63) is 65.5 Å². The Labute approximate surface area is 167 Å². The Kier molecular flexibility index (Phi) is 6.10. The molecule has 28 heavy (non-hydrogen) atoms. The van der Waals surface area contributed by atoms with Crippen LogP contribution in [0.2, 0.25) is 0 Å². The van der Waals surface area contributed by atoms with E-state index in [1.165, 1.54) is 11.8 Å². The molecular formula is C20H21N5O2S. The Morgan fingerprint density at radius 2 is 1.86 bits per heavy atom. The number of para-hydroxylation sites is 1. The average Bonchev–Trinajstić information content (AvgIpc) is 3.11. The van der Waals surface area contributed by atoms with E-state index >= 15 is 0 Å². The topological polar surface area (TPSA) is 88.9 Å². The lowest BCUT2D eigenvalue weighted by Crippen LogP contribution is -2.35. The molecule has 0 atom stereocenters. The van der Waals surface area contributed by atoms with Gasteiger partial charge in [-0.25, -0.2) is 4.79 Å². The van der Waals surface area contributed by atoms with Crippen molar-refractivity contribution in [1.82, 2.24) is 20.1 Å². The van der Waals surface area contributed by atoms with E-state index in [9.17, 15) is 9.59 Å². The lowest BCUT2D eigenvalue weighted by atomic mass is 10.1. The number of urea groups is 1. The van der Waals surface area contributed by atoms with Crippen molar-refractivity contribution >= 4 is 29.4 Å². The molecule has 8 heteroatoms. The van der Waals surface area contributed by atoms with Gasteiger partial charge in [0.05, 0.1) is 11.4 Å². The first-order valence-electron chi connectivity index (χ1n) is 8.71. The van der Waals surface area contributed by atoms with Gasteiger partial charge in [0, 0.05) is 5.69 Å². The largest absolute Gasteiger partial charge is 0.325 e. The van der Waals surface area contributed by atoms with Gasteiger partial charge in [0.15, 0.2) is 5.16 Å². The Bertz CT molecular complexity index is 1020. The highest BCUT2D eigenvalue weighted by Gasteiger charge is 2.13. The van der Waals surface area contributed by atoms with Gasteiger partial charge in [-0.3, -0.25) is 14.7 Å². The van der Waals surface area contributed by atoms with Crippen LogP contribution in [-0.4, -0.2) is 32.5 Å². The number of imide groups is 1. The number of aryl methyl sites for hydroxylation is 3. The number of hydrogen-bond donors (Lipinski definition) is 2. The van der Waals surface area contributed by atoms with E-state index in [0.29, 0.717) is 10.8 Å². The first-order valence-corrected chi connectivity index (χ1v) is 9.69. The third-order valence-corrected chi connectivity index (χ3v) is 5.05. The maximum absolute atomic E-state index is 12.1. The fraction of sp³-hybridized carbons (Fsp3) is 0.200. The summed E-state index contributed by atoms with van der Waals surface area (Å²) >= 11 is 1.22. The van der Waals surface area contributed by atoms with E-state index in [2.05, 4.69) is 20.8 Å². The smallest absolute Gasteiger partial charge is 0.307 e. The maximum Gasteiger partial charge on any atom is 0.325 e. The van der Waals surface area contributed by atoms with Crippen LogP contribution in [0.5, 0.6) is 0 Å². The summed E-state index contributed by atoms with van der Waals surface area (Å²) < 4.78 is 1.82. The minimum Gasteiger partial charge on any atom is -0.307 e. The summed E-state index contributed by atoms with van der Waals surface area (Å²) in [5.74, 6) is -0.364. The number of thioether (sulfide) groups is 1. The van der Waals surface area contributed by atoms with E-state index in [4.69, 9.17) is 0 Å². The molecule has 0 aliphatic heterocycles. The third-order valence-electron chi connectivity index (χ3n) is 4.11. The van der Waals surface area contributed by atoms with Gasteiger partial charge in [0.1, 0.15) is 6.33 Å². The Hall–Kier alpha value is -3.13. The van der Waals surface area contributed by atoms with Crippen LogP contribution >= 0.6 is 11.8 Å². The first kappa shape index (κ1) is 19.6. The van der Waals surface area contributed by atoms with Crippen molar-refractivity contribution < 1.29 is 9.59 Å². The van der Waals surface area contributed by atoms with Gasteiger partial charge in [-0.2, -0.15) is 0 Å². The second-order valence-electron chi connectivity index (χ2n) is 6.38. The minimum atomic E-state index is -0.557. The Morgan fingerprint density at radius 1 is 1.07 bits per heavy atom. The number of hydrogen-bond acceptors (Lipinski definition) is 5. The van der Waals surface area contributed by atoms with Gasteiger partial charge in [0.2, 0.25) is 5.91 Å². The maximum atomic E-state index is 12.1. The fourth-order valence-electron chi connectivity index (χ4n) is 2.72. The molecule has 1 heterocycles. The van der Waals surface area contributed by atoms with Gasteiger partial charge >= 0.3 is 6.03 Å². The monoisotopic (exact) mass is 395 g/mol. The summed E-state index contributed by atoms with van der Waals surface area (Å²) in [6.45, 7) is 5.87. The number of nitrogens with zero attached hydrogens (tertiary/aromatic N) is 3. The number of rotatable bonds is 5. The van der Waals surface area contributed by atoms with E-state index in [0.717, 1.165) is 22.4 Å². The predicted octanol–water partition coefficient (Wildman–Crippen LogP) is 3.63. The number of aromatic nitrogens is 3. The molecule has 0 bridgehead atoms. The molecule has 144 valence electrons. The van der Waals surface area contributed by atoms with E-state index in [1.54, 1.807) is 6.33 Å². The summed E-state index contributed by atoms with van der Waals surface area (Å²) in [5, 5.41) is 13.6. The summed E-state index contributed by atoms with van der Waals surface area (Å²) in [4.78, 5) is 24.2. The van der Waals surface area contributed by atoms with Crippen LogP contribution in [0.4, 0.5) is 10.5 Å². The first-order chi connectivity index (χ1) is 13.4. The van der Waals surface area contributed by atoms with E-state index < -0.39 is 11.9 Å². The molecule has 0 spiro atoms. The normalized spacial score (nSPS) is 10.5. The van der Waals surface area contributed by atoms with Crippen molar-refractivity contribution in [2.45, 2.75) is 25.9 Å². The molecule has 0 unspecified atom stereocenters. The summed E-state index contributed by atoms with van der Waals surface area (Å²) in [6.07, 6.45) is 1.61. The number of benzene rings is 2. The van der Waals surface area contributed by atoms with Crippen molar-refractivity contribution in [1.29, 1.82) is 0 Å². The molecule has 0 saturated carbocycles. The molecule has 0 aliphatic carbocycles. The highest BCUT2D eigenvalue weighted by Crippen LogP contribution is 2.21. The molecule has 0 fully saturated rings. The quantitative estimate of drug-likeness (QED) is 0.644. The van der Waals surface area contributed by atoms with Crippen molar-refractivity contribution in [3.8, 4) is 5.69 Å². The molecular weight excluding hydrogens is 374 g/mol. The van der Waals surface area contributed by atoms with Crippen LogP contribution in [0, 0.1) is 20.8 Å². The minimum absolute atomic E-state index is 0.0465. The Balaban J connectivity index is 1.57. The molecule has 2 N–H and O–H groups in total. The van der Waals surface area contributed by atoms with Crippen molar-refractivity contribution in [3.63, 3.8) is 0 Å². The van der Waals surface area contributed by atoms with Crippen LogP contribution in [0.15, 0.2) is 53.9 Å². The number of anilines is 1. The molecule has 3 aromatic rings. The third kappa shape index (κ3) is 4.77. The Morgan fingerprint density at radius 3 is 2.61 bits per heavy atom. The summed E-state index contributed by atoms with van der Waals surface area (Å²) in [5.41, 5.74) is 4.73.